The van der Waals surface area contributed by atoms with E-state index in [9.17, 15) is 9.50 Å². The van der Waals surface area contributed by atoms with Crippen molar-refractivity contribution in [2.45, 2.75) is 20.5 Å². The highest BCUT2D eigenvalue weighted by Gasteiger charge is 2.14. The van der Waals surface area contributed by atoms with Gasteiger partial charge in [0.15, 0.2) is 5.13 Å². The SMILES string of the molecule is CCN(c1cccc(F)c1)c1nc(C)c(CO)s1. The van der Waals surface area contributed by atoms with Gasteiger partial charge in [-0.3, -0.25) is 0 Å². The Bertz CT molecular complexity index is 542. The van der Waals surface area contributed by atoms with Crippen molar-refractivity contribution < 1.29 is 9.50 Å². The second kappa shape index (κ2) is 5.46. The summed E-state index contributed by atoms with van der Waals surface area (Å²) in [7, 11) is 0. The van der Waals surface area contributed by atoms with Crippen LogP contribution in [0.1, 0.15) is 17.5 Å². The van der Waals surface area contributed by atoms with Crippen molar-refractivity contribution in [2.75, 3.05) is 11.4 Å². The number of hydrogen-bond acceptors (Lipinski definition) is 4. The first-order valence-electron chi connectivity index (χ1n) is 5.76. The van der Waals surface area contributed by atoms with E-state index in [4.69, 9.17) is 0 Å². The van der Waals surface area contributed by atoms with Gasteiger partial charge in [-0.2, -0.15) is 0 Å². The average Bonchev–Trinajstić information content (AvgIpc) is 2.71. The minimum atomic E-state index is -0.262. The topological polar surface area (TPSA) is 36.4 Å². The van der Waals surface area contributed by atoms with E-state index >= 15 is 0 Å². The standard InChI is InChI=1S/C13H15FN2OS/c1-3-16(11-6-4-5-10(14)7-11)13-15-9(2)12(8-17)18-13/h4-7,17H,3,8H2,1-2H3. The minimum Gasteiger partial charge on any atom is -0.391 e. The van der Waals surface area contributed by atoms with E-state index in [0.717, 1.165) is 21.4 Å². The lowest BCUT2D eigenvalue weighted by molar-refractivity contribution is 0.284. The van der Waals surface area contributed by atoms with Crippen molar-refractivity contribution in [1.82, 2.24) is 4.98 Å². The van der Waals surface area contributed by atoms with Gasteiger partial charge in [-0.1, -0.05) is 17.4 Å². The van der Waals surface area contributed by atoms with Crippen LogP contribution in [0.4, 0.5) is 15.2 Å². The Morgan fingerprint density at radius 3 is 2.78 bits per heavy atom. The molecule has 0 radical (unpaired) electrons. The number of anilines is 2. The van der Waals surface area contributed by atoms with Crippen molar-refractivity contribution >= 4 is 22.2 Å². The fourth-order valence-corrected chi connectivity index (χ4v) is 2.75. The molecule has 18 heavy (non-hydrogen) atoms. The number of nitrogens with zero attached hydrogens (tertiary/aromatic N) is 2. The summed E-state index contributed by atoms with van der Waals surface area (Å²) in [5.74, 6) is -0.262. The fourth-order valence-electron chi connectivity index (χ4n) is 1.75. The van der Waals surface area contributed by atoms with Crippen LogP contribution in [0.25, 0.3) is 0 Å². The summed E-state index contributed by atoms with van der Waals surface area (Å²) in [4.78, 5) is 7.20. The molecule has 0 saturated carbocycles. The number of aryl methyl sites for hydroxylation is 1. The van der Waals surface area contributed by atoms with Crippen molar-refractivity contribution in [2.24, 2.45) is 0 Å². The maximum absolute atomic E-state index is 13.2. The summed E-state index contributed by atoms with van der Waals surface area (Å²) < 4.78 is 13.2. The second-order valence-corrected chi connectivity index (χ2v) is 4.95. The number of hydrogen-bond donors (Lipinski definition) is 1. The van der Waals surface area contributed by atoms with E-state index in [2.05, 4.69) is 4.98 Å². The van der Waals surface area contributed by atoms with Crippen molar-refractivity contribution in [1.29, 1.82) is 0 Å². The normalized spacial score (nSPS) is 10.7. The van der Waals surface area contributed by atoms with E-state index in [1.807, 2.05) is 24.8 Å². The van der Waals surface area contributed by atoms with Gasteiger partial charge in [0.05, 0.1) is 17.2 Å². The predicted octanol–water partition coefficient (Wildman–Crippen LogP) is 3.24. The molecular weight excluding hydrogens is 251 g/mol. The molecule has 0 amide bonds. The number of aliphatic hydroxyl groups excluding tert-OH is 1. The van der Waals surface area contributed by atoms with Gasteiger partial charge < -0.3 is 10.0 Å². The molecule has 0 atom stereocenters. The van der Waals surface area contributed by atoms with Crippen LogP contribution >= 0.6 is 11.3 Å². The molecule has 0 unspecified atom stereocenters. The summed E-state index contributed by atoms with van der Waals surface area (Å²) >= 11 is 1.44. The van der Waals surface area contributed by atoms with Gasteiger partial charge in [-0.15, -0.1) is 0 Å². The number of halogens is 1. The van der Waals surface area contributed by atoms with Gasteiger partial charge in [0.1, 0.15) is 5.82 Å². The molecule has 0 fully saturated rings. The van der Waals surface area contributed by atoms with E-state index in [-0.39, 0.29) is 12.4 Å². The highest BCUT2D eigenvalue weighted by atomic mass is 32.1. The Morgan fingerprint density at radius 2 is 2.22 bits per heavy atom. The first kappa shape index (κ1) is 13.0. The lowest BCUT2D eigenvalue weighted by atomic mass is 10.3. The van der Waals surface area contributed by atoms with Gasteiger partial charge in [-0.05, 0) is 32.0 Å². The van der Waals surface area contributed by atoms with Crippen molar-refractivity contribution in [3.8, 4) is 0 Å². The molecule has 2 rings (SSSR count). The zero-order valence-corrected chi connectivity index (χ0v) is 11.2. The molecule has 0 saturated heterocycles. The molecule has 1 aromatic carbocycles. The van der Waals surface area contributed by atoms with Gasteiger partial charge in [0.25, 0.3) is 0 Å². The molecule has 0 aliphatic rings. The number of aromatic nitrogens is 1. The lowest BCUT2D eigenvalue weighted by Crippen LogP contribution is -2.15. The predicted molar refractivity (Wildman–Crippen MR) is 71.9 cm³/mol. The third-order valence-electron chi connectivity index (χ3n) is 2.69. The molecule has 5 heteroatoms. The summed E-state index contributed by atoms with van der Waals surface area (Å²) in [6.45, 7) is 4.54. The van der Waals surface area contributed by atoms with Crippen molar-refractivity contribution in [3.05, 3.63) is 40.7 Å². The second-order valence-electron chi connectivity index (χ2n) is 3.89. The average molecular weight is 266 g/mol. The highest BCUT2D eigenvalue weighted by Crippen LogP contribution is 2.31. The Morgan fingerprint density at radius 1 is 1.44 bits per heavy atom. The van der Waals surface area contributed by atoms with Gasteiger partial charge >= 0.3 is 0 Å². The number of thiazole rings is 1. The molecule has 0 aliphatic carbocycles. The van der Waals surface area contributed by atoms with E-state index in [0.29, 0.717) is 6.54 Å². The molecule has 1 N–H and O–H groups in total. The summed E-state index contributed by atoms with van der Waals surface area (Å²) in [6.07, 6.45) is 0. The molecule has 96 valence electrons. The van der Waals surface area contributed by atoms with Crippen LogP contribution in [0.2, 0.25) is 0 Å². The Kier molecular flexibility index (Phi) is 3.93. The summed E-state index contributed by atoms with van der Waals surface area (Å²) in [5.41, 5.74) is 1.60. The van der Waals surface area contributed by atoms with Crippen LogP contribution < -0.4 is 4.90 Å². The zero-order valence-electron chi connectivity index (χ0n) is 10.4. The third-order valence-corrected chi connectivity index (χ3v) is 3.86. The Balaban J connectivity index is 2.38. The monoisotopic (exact) mass is 266 g/mol. The maximum Gasteiger partial charge on any atom is 0.190 e. The lowest BCUT2D eigenvalue weighted by Gasteiger charge is -2.19. The zero-order chi connectivity index (χ0) is 13.1. The van der Waals surface area contributed by atoms with Crippen molar-refractivity contribution in [3.63, 3.8) is 0 Å². The van der Waals surface area contributed by atoms with Crippen LogP contribution in [-0.2, 0) is 6.61 Å². The number of aliphatic hydroxyl groups is 1. The summed E-state index contributed by atoms with van der Waals surface area (Å²) in [5, 5.41) is 9.97. The van der Waals surface area contributed by atoms with Crippen LogP contribution in [-0.4, -0.2) is 16.6 Å². The number of benzene rings is 1. The van der Waals surface area contributed by atoms with Gasteiger partial charge in [0.2, 0.25) is 0 Å². The molecule has 0 bridgehead atoms. The smallest absolute Gasteiger partial charge is 0.190 e. The van der Waals surface area contributed by atoms with Crippen LogP contribution in [0.5, 0.6) is 0 Å². The Labute approximate surface area is 110 Å². The maximum atomic E-state index is 13.2. The fraction of sp³-hybridized carbons (Fsp3) is 0.308. The summed E-state index contributed by atoms with van der Waals surface area (Å²) in [6, 6.07) is 6.44. The van der Waals surface area contributed by atoms with E-state index in [1.54, 1.807) is 6.07 Å². The molecule has 1 aromatic heterocycles. The quantitative estimate of drug-likeness (QED) is 0.923. The number of rotatable bonds is 4. The molecule has 0 aliphatic heterocycles. The van der Waals surface area contributed by atoms with Gasteiger partial charge in [-0.25, -0.2) is 9.37 Å². The van der Waals surface area contributed by atoms with Crippen LogP contribution in [0, 0.1) is 12.7 Å². The van der Waals surface area contributed by atoms with E-state index < -0.39 is 0 Å². The van der Waals surface area contributed by atoms with Crippen LogP contribution in [0.3, 0.4) is 0 Å². The highest BCUT2D eigenvalue weighted by molar-refractivity contribution is 7.15. The van der Waals surface area contributed by atoms with Crippen LogP contribution in [0.15, 0.2) is 24.3 Å². The minimum absolute atomic E-state index is 0.00972. The molecule has 3 nitrogen and oxygen atoms in total. The molecule has 2 aromatic rings. The van der Waals surface area contributed by atoms with E-state index in [1.165, 1.54) is 23.5 Å². The third kappa shape index (κ3) is 2.52. The molecule has 0 spiro atoms. The first-order valence-corrected chi connectivity index (χ1v) is 6.57. The largest absolute Gasteiger partial charge is 0.391 e. The molecular formula is C13H15FN2OS. The first-order chi connectivity index (χ1) is 8.65. The van der Waals surface area contributed by atoms with Gasteiger partial charge in [0, 0.05) is 12.2 Å². The Hall–Kier alpha value is -1.46. The molecule has 1 heterocycles.